The first kappa shape index (κ1) is 14.6. The molecular formula is C16H20N2OS. The Kier molecular flexibility index (Phi) is 5.18. The van der Waals surface area contributed by atoms with Gasteiger partial charge in [0.25, 0.3) is 5.91 Å². The number of anilines is 1. The van der Waals surface area contributed by atoms with Gasteiger partial charge in [-0.25, -0.2) is 0 Å². The van der Waals surface area contributed by atoms with Crippen LogP contribution in [0, 0.1) is 6.92 Å². The van der Waals surface area contributed by atoms with E-state index in [2.05, 4.69) is 29.0 Å². The van der Waals surface area contributed by atoms with Crippen LogP contribution in [0.5, 0.6) is 0 Å². The van der Waals surface area contributed by atoms with Gasteiger partial charge in [-0.1, -0.05) is 13.0 Å². The summed E-state index contributed by atoms with van der Waals surface area (Å²) in [7, 11) is 0. The van der Waals surface area contributed by atoms with Gasteiger partial charge < -0.3 is 10.6 Å². The summed E-state index contributed by atoms with van der Waals surface area (Å²) in [4.78, 5) is 13.2. The summed E-state index contributed by atoms with van der Waals surface area (Å²) in [5.41, 5.74) is 2.98. The average Bonchev–Trinajstić information content (AvgIpc) is 2.88. The number of carbonyl (C=O) groups is 1. The topological polar surface area (TPSA) is 41.1 Å². The van der Waals surface area contributed by atoms with Crippen molar-refractivity contribution in [2.75, 3.05) is 11.9 Å². The third-order valence-electron chi connectivity index (χ3n) is 3.08. The largest absolute Gasteiger partial charge is 0.380 e. The molecule has 0 saturated heterocycles. The predicted molar refractivity (Wildman–Crippen MR) is 85.4 cm³/mol. The molecule has 20 heavy (non-hydrogen) atoms. The molecule has 0 aliphatic carbocycles. The average molecular weight is 288 g/mol. The minimum Gasteiger partial charge on any atom is -0.380 e. The first-order valence-corrected chi connectivity index (χ1v) is 7.73. The summed E-state index contributed by atoms with van der Waals surface area (Å²) in [6.45, 7) is 5.66. The van der Waals surface area contributed by atoms with Crippen molar-refractivity contribution in [1.82, 2.24) is 5.32 Å². The van der Waals surface area contributed by atoms with E-state index in [-0.39, 0.29) is 5.91 Å². The second kappa shape index (κ2) is 7.10. The highest BCUT2D eigenvalue weighted by atomic mass is 32.1. The smallest absolute Gasteiger partial charge is 0.251 e. The van der Waals surface area contributed by atoms with Crippen LogP contribution in [0.4, 0.5) is 5.69 Å². The molecule has 1 aromatic carbocycles. The fourth-order valence-corrected chi connectivity index (χ4v) is 2.72. The maximum Gasteiger partial charge on any atom is 0.251 e. The van der Waals surface area contributed by atoms with E-state index >= 15 is 0 Å². The van der Waals surface area contributed by atoms with Crippen LogP contribution in [-0.4, -0.2) is 12.5 Å². The molecule has 0 spiro atoms. The van der Waals surface area contributed by atoms with Crippen molar-refractivity contribution in [2.24, 2.45) is 0 Å². The summed E-state index contributed by atoms with van der Waals surface area (Å²) in [5, 5.41) is 8.36. The van der Waals surface area contributed by atoms with Crippen LogP contribution < -0.4 is 10.6 Å². The van der Waals surface area contributed by atoms with Gasteiger partial charge in [0.1, 0.15) is 0 Å². The summed E-state index contributed by atoms with van der Waals surface area (Å²) < 4.78 is 0. The zero-order valence-electron chi connectivity index (χ0n) is 11.9. The van der Waals surface area contributed by atoms with E-state index in [0.717, 1.165) is 18.7 Å². The Morgan fingerprint density at radius 3 is 2.85 bits per heavy atom. The van der Waals surface area contributed by atoms with Crippen LogP contribution in [0.15, 0.2) is 35.7 Å². The van der Waals surface area contributed by atoms with Gasteiger partial charge in [-0.15, -0.1) is 11.3 Å². The number of hydrogen-bond donors (Lipinski definition) is 2. The molecule has 0 atom stereocenters. The lowest BCUT2D eigenvalue weighted by Gasteiger charge is -2.08. The first-order chi connectivity index (χ1) is 9.70. The fourth-order valence-electron chi connectivity index (χ4n) is 1.88. The maximum absolute atomic E-state index is 11.9. The first-order valence-electron chi connectivity index (χ1n) is 6.86. The van der Waals surface area contributed by atoms with Gasteiger partial charge in [0.05, 0.1) is 0 Å². The predicted octanol–water partition coefficient (Wildman–Crippen LogP) is 3.81. The zero-order chi connectivity index (χ0) is 14.4. The molecule has 0 aliphatic heterocycles. The van der Waals surface area contributed by atoms with Crippen LogP contribution >= 0.6 is 11.3 Å². The third-order valence-corrected chi connectivity index (χ3v) is 4.10. The van der Waals surface area contributed by atoms with Crippen molar-refractivity contribution in [3.05, 3.63) is 51.7 Å². The molecule has 0 saturated carbocycles. The number of amides is 1. The van der Waals surface area contributed by atoms with E-state index in [1.807, 2.05) is 31.2 Å². The summed E-state index contributed by atoms with van der Waals surface area (Å²) in [6, 6.07) is 9.75. The van der Waals surface area contributed by atoms with Crippen molar-refractivity contribution in [3.8, 4) is 0 Å². The van der Waals surface area contributed by atoms with E-state index in [1.165, 1.54) is 10.4 Å². The van der Waals surface area contributed by atoms with Crippen molar-refractivity contribution in [1.29, 1.82) is 0 Å². The molecule has 4 heteroatoms. The van der Waals surface area contributed by atoms with E-state index in [4.69, 9.17) is 0 Å². The van der Waals surface area contributed by atoms with Gasteiger partial charge in [-0.05, 0) is 48.6 Å². The van der Waals surface area contributed by atoms with Crippen molar-refractivity contribution < 1.29 is 4.79 Å². The molecular weight excluding hydrogens is 268 g/mol. The highest BCUT2D eigenvalue weighted by Crippen LogP contribution is 2.18. The number of carbonyl (C=O) groups excluding carboxylic acids is 1. The summed E-state index contributed by atoms with van der Waals surface area (Å²) in [6.07, 6.45) is 0.946. The molecule has 0 unspecified atom stereocenters. The lowest BCUT2D eigenvalue weighted by Crippen LogP contribution is -2.23. The van der Waals surface area contributed by atoms with Crippen LogP contribution in [0.2, 0.25) is 0 Å². The van der Waals surface area contributed by atoms with Crippen molar-refractivity contribution in [2.45, 2.75) is 26.8 Å². The molecule has 3 nitrogen and oxygen atoms in total. The Bertz CT molecular complexity index is 577. The van der Waals surface area contributed by atoms with Crippen LogP contribution in [0.25, 0.3) is 0 Å². The molecule has 2 rings (SSSR count). The number of benzene rings is 1. The SMILES string of the molecule is CCCNC(=O)c1cccc(NCc2sccc2C)c1. The Balaban J connectivity index is 1.99. The molecule has 1 amide bonds. The molecule has 1 aromatic heterocycles. The van der Waals surface area contributed by atoms with Gasteiger partial charge >= 0.3 is 0 Å². The standard InChI is InChI=1S/C16H20N2OS/c1-3-8-17-16(19)13-5-4-6-14(10-13)18-11-15-12(2)7-9-20-15/h4-7,9-10,18H,3,8,11H2,1-2H3,(H,17,19). The molecule has 2 aromatic rings. The molecule has 106 valence electrons. The second-order valence-corrected chi connectivity index (χ2v) is 5.72. The molecule has 0 aliphatic rings. The normalized spacial score (nSPS) is 10.3. The van der Waals surface area contributed by atoms with Crippen molar-refractivity contribution in [3.63, 3.8) is 0 Å². The molecule has 0 radical (unpaired) electrons. The fraction of sp³-hybridized carbons (Fsp3) is 0.312. The lowest BCUT2D eigenvalue weighted by molar-refractivity contribution is 0.0953. The summed E-state index contributed by atoms with van der Waals surface area (Å²) in [5.74, 6) is -0.0113. The van der Waals surface area contributed by atoms with Gasteiger partial charge in [0.2, 0.25) is 0 Å². The Hall–Kier alpha value is -1.81. The summed E-state index contributed by atoms with van der Waals surface area (Å²) >= 11 is 1.75. The Morgan fingerprint density at radius 1 is 1.30 bits per heavy atom. The second-order valence-electron chi connectivity index (χ2n) is 4.72. The van der Waals surface area contributed by atoms with Crippen LogP contribution in [-0.2, 0) is 6.54 Å². The highest BCUT2D eigenvalue weighted by Gasteiger charge is 2.05. The molecule has 0 bridgehead atoms. The highest BCUT2D eigenvalue weighted by molar-refractivity contribution is 7.10. The minimum atomic E-state index is -0.0113. The minimum absolute atomic E-state index is 0.0113. The zero-order valence-corrected chi connectivity index (χ0v) is 12.7. The maximum atomic E-state index is 11.9. The van der Waals surface area contributed by atoms with E-state index in [9.17, 15) is 4.79 Å². The Morgan fingerprint density at radius 2 is 2.15 bits per heavy atom. The lowest BCUT2D eigenvalue weighted by atomic mass is 10.2. The van der Waals surface area contributed by atoms with Gasteiger partial charge in [-0.3, -0.25) is 4.79 Å². The monoisotopic (exact) mass is 288 g/mol. The van der Waals surface area contributed by atoms with Crippen LogP contribution in [0.1, 0.15) is 34.1 Å². The van der Waals surface area contributed by atoms with E-state index < -0.39 is 0 Å². The number of aryl methyl sites for hydroxylation is 1. The van der Waals surface area contributed by atoms with Gasteiger partial charge in [0.15, 0.2) is 0 Å². The third kappa shape index (κ3) is 3.84. The number of hydrogen-bond acceptors (Lipinski definition) is 3. The quantitative estimate of drug-likeness (QED) is 0.848. The Labute approximate surface area is 124 Å². The molecule has 2 N–H and O–H groups in total. The van der Waals surface area contributed by atoms with E-state index in [0.29, 0.717) is 12.1 Å². The van der Waals surface area contributed by atoms with Crippen molar-refractivity contribution >= 4 is 22.9 Å². The van der Waals surface area contributed by atoms with Gasteiger partial charge in [-0.2, -0.15) is 0 Å². The number of nitrogens with one attached hydrogen (secondary N) is 2. The van der Waals surface area contributed by atoms with E-state index in [1.54, 1.807) is 11.3 Å². The number of rotatable bonds is 6. The molecule has 0 fully saturated rings. The molecule has 1 heterocycles. The van der Waals surface area contributed by atoms with Crippen LogP contribution in [0.3, 0.4) is 0 Å². The number of thiophene rings is 1. The van der Waals surface area contributed by atoms with Gasteiger partial charge in [0, 0.05) is 29.2 Å².